The minimum atomic E-state index is -0.483. The summed E-state index contributed by atoms with van der Waals surface area (Å²) < 4.78 is 5.46. The van der Waals surface area contributed by atoms with Gasteiger partial charge in [0.2, 0.25) is 0 Å². The Kier molecular flexibility index (Phi) is 3.99. The Hall–Kier alpha value is -2.02. The van der Waals surface area contributed by atoms with Crippen LogP contribution in [-0.4, -0.2) is 28.1 Å². The average molecular weight is 272 g/mol. The van der Waals surface area contributed by atoms with Crippen LogP contribution in [-0.2, 0) is 4.74 Å². The Morgan fingerprint density at radius 1 is 1.50 bits per heavy atom. The lowest BCUT2D eigenvalue weighted by molar-refractivity contribution is 0.0224. The third kappa shape index (κ3) is 3.30. The molecule has 0 aromatic carbocycles. The maximum absolute atomic E-state index is 12.2. The SMILES string of the molecule is C#Cc1cncc([C@@H]2CCCN2C(=O)OC(C)(C)C)c1. The fraction of sp³-hybridized carbons (Fsp3) is 0.500. The Morgan fingerprint density at radius 2 is 2.25 bits per heavy atom. The van der Waals surface area contributed by atoms with Crippen molar-refractivity contribution in [1.29, 1.82) is 0 Å². The largest absolute Gasteiger partial charge is 0.444 e. The first-order chi connectivity index (χ1) is 9.40. The van der Waals surface area contributed by atoms with Crippen molar-refractivity contribution in [1.82, 2.24) is 9.88 Å². The van der Waals surface area contributed by atoms with Gasteiger partial charge < -0.3 is 9.64 Å². The topological polar surface area (TPSA) is 42.4 Å². The number of terminal acetylenes is 1. The van der Waals surface area contributed by atoms with Gasteiger partial charge in [-0.15, -0.1) is 6.42 Å². The first kappa shape index (κ1) is 14.4. The number of carbonyl (C=O) groups excluding carboxylic acids is 1. The third-order valence-electron chi connectivity index (χ3n) is 3.19. The van der Waals surface area contributed by atoms with Crippen molar-refractivity contribution in [2.24, 2.45) is 0 Å². The monoisotopic (exact) mass is 272 g/mol. The molecule has 2 heterocycles. The van der Waals surface area contributed by atoms with Crippen molar-refractivity contribution in [2.75, 3.05) is 6.54 Å². The van der Waals surface area contributed by atoms with E-state index in [4.69, 9.17) is 11.2 Å². The van der Waals surface area contributed by atoms with Crippen LogP contribution in [0, 0.1) is 12.3 Å². The standard InChI is InChI=1S/C16H20N2O2/c1-5-12-9-13(11-17-10-12)14-7-6-8-18(14)15(19)20-16(2,3)4/h1,9-11,14H,6-8H2,2-4H3/t14-/m0/s1. The van der Waals surface area contributed by atoms with Crippen LogP contribution >= 0.6 is 0 Å². The summed E-state index contributed by atoms with van der Waals surface area (Å²) in [6, 6.07) is 1.92. The lowest BCUT2D eigenvalue weighted by Gasteiger charge is -2.28. The summed E-state index contributed by atoms with van der Waals surface area (Å²) in [6.07, 6.45) is 10.4. The number of carbonyl (C=O) groups is 1. The maximum atomic E-state index is 12.2. The summed E-state index contributed by atoms with van der Waals surface area (Å²) in [5, 5.41) is 0. The molecule has 0 spiro atoms. The molecule has 1 saturated heterocycles. The van der Waals surface area contributed by atoms with Crippen LogP contribution in [0.3, 0.4) is 0 Å². The van der Waals surface area contributed by atoms with Gasteiger partial charge in [-0.1, -0.05) is 5.92 Å². The highest BCUT2D eigenvalue weighted by Gasteiger charge is 2.33. The Labute approximate surface area is 120 Å². The van der Waals surface area contributed by atoms with E-state index < -0.39 is 5.60 Å². The molecule has 1 aromatic heterocycles. The van der Waals surface area contributed by atoms with Crippen molar-refractivity contribution < 1.29 is 9.53 Å². The van der Waals surface area contributed by atoms with Gasteiger partial charge in [0.25, 0.3) is 0 Å². The summed E-state index contributed by atoms with van der Waals surface area (Å²) in [5.41, 5.74) is 1.23. The first-order valence-electron chi connectivity index (χ1n) is 6.82. The van der Waals surface area contributed by atoms with Gasteiger partial charge in [-0.05, 0) is 45.2 Å². The van der Waals surface area contributed by atoms with Crippen molar-refractivity contribution >= 4 is 6.09 Å². The molecule has 0 unspecified atom stereocenters. The average Bonchev–Trinajstić information content (AvgIpc) is 2.86. The Morgan fingerprint density at radius 3 is 2.90 bits per heavy atom. The molecule has 106 valence electrons. The van der Waals surface area contributed by atoms with E-state index in [1.807, 2.05) is 26.8 Å². The number of amides is 1. The third-order valence-corrected chi connectivity index (χ3v) is 3.19. The van der Waals surface area contributed by atoms with Gasteiger partial charge >= 0.3 is 6.09 Å². The molecule has 0 saturated carbocycles. The molecular weight excluding hydrogens is 252 g/mol. The first-order valence-corrected chi connectivity index (χ1v) is 6.82. The smallest absolute Gasteiger partial charge is 0.410 e. The van der Waals surface area contributed by atoms with Crippen LogP contribution in [0.4, 0.5) is 4.79 Å². The van der Waals surface area contributed by atoms with Gasteiger partial charge in [0.05, 0.1) is 6.04 Å². The lowest BCUT2D eigenvalue weighted by atomic mass is 10.1. The van der Waals surface area contributed by atoms with Crippen LogP contribution in [0.15, 0.2) is 18.5 Å². The van der Waals surface area contributed by atoms with E-state index in [9.17, 15) is 4.79 Å². The van der Waals surface area contributed by atoms with Crippen molar-refractivity contribution in [2.45, 2.75) is 45.3 Å². The van der Waals surface area contributed by atoms with Gasteiger partial charge in [0.1, 0.15) is 5.60 Å². The molecule has 1 atom stereocenters. The zero-order chi connectivity index (χ0) is 14.8. The normalized spacial score (nSPS) is 18.7. The zero-order valence-corrected chi connectivity index (χ0v) is 12.2. The van der Waals surface area contributed by atoms with Crippen molar-refractivity contribution in [3.63, 3.8) is 0 Å². The molecule has 0 N–H and O–H groups in total. The van der Waals surface area contributed by atoms with Crippen LogP contribution in [0.25, 0.3) is 0 Å². The molecule has 4 heteroatoms. The fourth-order valence-corrected chi connectivity index (χ4v) is 2.37. The molecule has 1 amide bonds. The molecule has 0 bridgehead atoms. The van der Waals surface area contributed by atoms with Crippen molar-refractivity contribution in [3.8, 4) is 12.3 Å². The number of aromatic nitrogens is 1. The number of pyridine rings is 1. The summed E-state index contributed by atoms with van der Waals surface area (Å²) in [5.74, 6) is 2.58. The number of ether oxygens (including phenoxy) is 1. The molecule has 0 radical (unpaired) electrons. The second-order valence-corrected chi connectivity index (χ2v) is 5.98. The quantitative estimate of drug-likeness (QED) is 0.738. The maximum Gasteiger partial charge on any atom is 0.410 e. The Balaban J connectivity index is 2.19. The zero-order valence-electron chi connectivity index (χ0n) is 12.2. The Bertz CT molecular complexity index is 540. The summed E-state index contributed by atoms with van der Waals surface area (Å²) in [7, 11) is 0. The molecule has 0 aliphatic carbocycles. The fourth-order valence-electron chi connectivity index (χ4n) is 2.37. The van der Waals surface area contributed by atoms with E-state index in [0.29, 0.717) is 6.54 Å². The van der Waals surface area contributed by atoms with E-state index in [0.717, 1.165) is 24.0 Å². The van der Waals surface area contributed by atoms with Crippen LogP contribution in [0.1, 0.15) is 50.8 Å². The van der Waals surface area contributed by atoms with Crippen LogP contribution in [0.5, 0.6) is 0 Å². The predicted octanol–water partition coefficient (Wildman–Crippen LogP) is 3.13. The van der Waals surface area contributed by atoms with E-state index >= 15 is 0 Å². The van der Waals surface area contributed by atoms with E-state index in [1.54, 1.807) is 17.3 Å². The van der Waals surface area contributed by atoms with E-state index in [1.165, 1.54) is 0 Å². The van der Waals surface area contributed by atoms with Gasteiger partial charge in [-0.25, -0.2) is 4.79 Å². The number of rotatable bonds is 1. The van der Waals surface area contributed by atoms with E-state index in [-0.39, 0.29) is 12.1 Å². The second-order valence-electron chi connectivity index (χ2n) is 5.98. The molecule has 1 aliphatic heterocycles. The molecule has 2 rings (SSSR count). The molecular formula is C16H20N2O2. The molecule has 1 fully saturated rings. The summed E-state index contributed by atoms with van der Waals surface area (Å²) >= 11 is 0. The summed E-state index contributed by atoms with van der Waals surface area (Å²) in [4.78, 5) is 18.2. The van der Waals surface area contributed by atoms with Gasteiger partial charge in [0, 0.05) is 24.5 Å². The molecule has 20 heavy (non-hydrogen) atoms. The minimum Gasteiger partial charge on any atom is -0.444 e. The van der Waals surface area contributed by atoms with Gasteiger partial charge in [-0.3, -0.25) is 4.98 Å². The van der Waals surface area contributed by atoms with E-state index in [2.05, 4.69) is 10.9 Å². The molecule has 1 aliphatic rings. The number of hydrogen-bond acceptors (Lipinski definition) is 3. The van der Waals surface area contributed by atoms with Gasteiger partial charge in [-0.2, -0.15) is 0 Å². The minimum absolute atomic E-state index is 0.00523. The lowest BCUT2D eigenvalue weighted by Crippen LogP contribution is -2.36. The number of hydrogen-bond donors (Lipinski definition) is 0. The second kappa shape index (κ2) is 5.54. The molecule has 4 nitrogen and oxygen atoms in total. The predicted molar refractivity (Wildman–Crippen MR) is 77.1 cm³/mol. The van der Waals surface area contributed by atoms with Crippen LogP contribution < -0.4 is 0 Å². The van der Waals surface area contributed by atoms with Gasteiger partial charge in [0.15, 0.2) is 0 Å². The van der Waals surface area contributed by atoms with Crippen LogP contribution in [0.2, 0.25) is 0 Å². The van der Waals surface area contributed by atoms with Crippen molar-refractivity contribution in [3.05, 3.63) is 29.6 Å². The highest BCUT2D eigenvalue weighted by molar-refractivity contribution is 5.69. The number of likely N-dealkylation sites (tertiary alicyclic amines) is 1. The highest BCUT2D eigenvalue weighted by atomic mass is 16.6. The molecule has 1 aromatic rings. The summed E-state index contributed by atoms with van der Waals surface area (Å²) in [6.45, 7) is 6.32. The highest BCUT2D eigenvalue weighted by Crippen LogP contribution is 2.33. The number of nitrogens with zero attached hydrogens (tertiary/aromatic N) is 2.